The van der Waals surface area contributed by atoms with Crippen molar-refractivity contribution in [2.24, 2.45) is 29.6 Å². The van der Waals surface area contributed by atoms with Crippen LogP contribution in [0.25, 0.3) is 0 Å². The molecule has 0 spiro atoms. The summed E-state index contributed by atoms with van der Waals surface area (Å²) in [7, 11) is 0. The number of hydrogen-bond acceptors (Lipinski definition) is 2. The number of hydrogen-bond donors (Lipinski definition) is 1. The Labute approximate surface area is 102 Å². The van der Waals surface area contributed by atoms with E-state index in [-0.39, 0.29) is 6.10 Å². The van der Waals surface area contributed by atoms with Gasteiger partial charge in [-0.1, -0.05) is 0 Å². The second kappa shape index (κ2) is 3.35. The average Bonchev–Trinajstić information content (AvgIpc) is 2.78. The van der Waals surface area contributed by atoms with Crippen molar-refractivity contribution in [2.75, 3.05) is 0 Å². The molecule has 1 aromatic heterocycles. The van der Waals surface area contributed by atoms with Crippen LogP contribution < -0.4 is 0 Å². The summed E-state index contributed by atoms with van der Waals surface area (Å²) in [6, 6.07) is 1.99. The highest BCUT2D eigenvalue weighted by atomic mass is 16.3. The second-order valence-electron chi connectivity index (χ2n) is 6.08. The summed E-state index contributed by atoms with van der Waals surface area (Å²) in [5.41, 5.74) is 1.03. The van der Waals surface area contributed by atoms with Crippen molar-refractivity contribution in [3.8, 4) is 0 Å². The number of aliphatic hydroxyl groups is 1. The maximum atomic E-state index is 10.6. The molecule has 5 atom stereocenters. The Balaban J connectivity index is 1.58. The molecule has 3 fully saturated rings. The molecule has 4 rings (SSSR count). The summed E-state index contributed by atoms with van der Waals surface area (Å²) in [4.78, 5) is 0. The molecule has 2 bridgehead atoms. The molecule has 3 heteroatoms. The van der Waals surface area contributed by atoms with Crippen LogP contribution in [0.4, 0.5) is 0 Å². The third kappa shape index (κ3) is 1.23. The summed E-state index contributed by atoms with van der Waals surface area (Å²) in [5.74, 6) is 4.08. The van der Waals surface area contributed by atoms with E-state index in [2.05, 4.69) is 12.0 Å². The van der Waals surface area contributed by atoms with Crippen LogP contribution in [-0.2, 0) is 6.54 Å². The molecule has 3 saturated carbocycles. The van der Waals surface area contributed by atoms with E-state index in [4.69, 9.17) is 0 Å². The monoisotopic (exact) mass is 232 g/mol. The van der Waals surface area contributed by atoms with Gasteiger partial charge in [-0.15, -0.1) is 0 Å². The first-order chi connectivity index (χ1) is 8.31. The summed E-state index contributed by atoms with van der Waals surface area (Å²) < 4.78 is 1.95. The smallest absolute Gasteiger partial charge is 0.0990 e. The zero-order valence-electron chi connectivity index (χ0n) is 10.3. The molecule has 3 aliphatic rings. The van der Waals surface area contributed by atoms with Crippen molar-refractivity contribution in [2.45, 2.75) is 38.8 Å². The number of fused-ring (bicyclic) bond motifs is 5. The zero-order valence-corrected chi connectivity index (χ0v) is 10.3. The fourth-order valence-electron chi connectivity index (χ4n) is 4.87. The molecule has 5 unspecified atom stereocenters. The lowest BCUT2D eigenvalue weighted by Crippen LogP contribution is -2.13. The fourth-order valence-corrected chi connectivity index (χ4v) is 4.87. The van der Waals surface area contributed by atoms with E-state index in [1.54, 1.807) is 0 Å². The summed E-state index contributed by atoms with van der Waals surface area (Å²) in [5, 5.41) is 14.8. The predicted molar refractivity (Wildman–Crippen MR) is 64.2 cm³/mol. The van der Waals surface area contributed by atoms with Gasteiger partial charge >= 0.3 is 0 Å². The third-order valence-corrected chi connectivity index (χ3v) is 5.51. The molecule has 92 valence electrons. The average molecular weight is 232 g/mol. The standard InChI is InChI=1S/C14H20N2O/c1-2-16-10(5-6-15-16)14(17)13-11-8-3-4-9(7-8)12(11)13/h5-6,8-9,11-14,17H,2-4,7H2,1H3. The van der Waals surface area contributed by atoms with Crippen molar-refractivity contribution >= 4 is 0 Å². The van der Waals surface area contributed by atoms with Gasteiger partial charge in [-0.2, -0.15) is 5.10 Å². The first-order valence-electron chi connectivity index (χ1n) is 7.01. The van der Waals surface area contributed by atoms with Gasteiger partial charge in [0.2, 0.25) is 0 Å². The number of nitrogens with zero attached hydrogens (tertiary/aromatic N) is 2. The highest BCUT2D eigenvalue weighted by Crippen LogP contribution is 2.72. The molecule has 3 nitrogen and oxygen atoms in total. The number of rotatable bonds is 3. The molecule has 0 amide bonds. The highest BCUT2D eigenvalue weighted by Gasteiger charge is 2.67. The van der Waals surface area contributed by atoms with E-state index >= 15 is 0 Å². The third-order valence-electron chi connectivity index (χ3n) is 5.51. The van der Waals surface area contributed by atoms with E-state index in [0.717, 1.165) is 35.9 Å². The van der Waals surface area contributed by atoms with Gasteiger partial charge < -0.3 is 5.11 Å². The SMILES string of the molecule is CCn1nccc1C(O)C1C2C3CCC(C3)C21. The molecule has 1 aromatic rings. The Bertz CT molecular complexity index is 425. The molecule has 1 N–H and O–H groups in total. The normalized spacial score (nSPS) is 43.8. The van der Waals surface area contributed by atoms with Gasteiger partial charge in [-0.05, 0) is 61.8 Å². The number of aromatic nitrogens is 2. The lowest BCUT2D eigenvalue weighted by molar-refractivity contribution is 0.120. The van der Waals surface area contributed by atoms with E-state index in [0.29, 0.717) is 5.92 Å². The Kier molecular flexibility index (Phi) is 1.99. The van der Waals surface area contributed by atoms with Crippen LogP contribution in [0.5, 0.6) is 0 Å². The molecule has 17 heavy (non-hydrogen) atoms. The van der Waals surface area contributed by atoms with Gasteiger partial charge in [-0.25, -0.2) is 0 Å². The van der Waals surface area contributed by atoms with Crippen molar-refractivity contribution < 1.29 is 5.11 Å². The van der Waals surface area contributed by atoms with Crippen LogP contribution in [0, 0.1) is 29.6 Å². The van der Waals surface area contributed by atoms with Crippen LogP contribution >= 0.6 is 0 Å². The number of aryl methyl sites for hydroxylation is 1. The Morgan fingerprint density at radius 1 is 1.41 bits per heavy atom. The molecule has 0 saturated heterocycles. The van der Waals surface area contributed by atoms with Gasteiger partial charge in [0, 0.05) is 12.7 Å². The molecule has 0 aliphatic heterocycles. The predicted octanol–water partition coefficient (Wildman–Crippen LogP) is 2.23. The minimum Gasteiger partial charge on any atom is -0.387 e. The molecule has 3 aliphatic carbocycles. The van der Waals surface area contributed by atoms with Gasteiger partial charge in [0.25, 0.3) is 0 Å². The van der Waals surface area contributed by atoms with Crippen LogP contribution in [-0.4, -0.2) is 14.9 Å². The molecule has 0 aromatic carbocycles. The zero-order chi connectivity index (χ0) is 11.6. The molecule has 0 radical (unpaired) electrons. The van der Waals surface area contributed by atoms with Gasteiger partial charge in [0.05, 0.1) is 11.8 Å². The molecule has 1 heterocycles. The van der Waals surface area contributed by atoms with Crippen LogP contribution in [0.1, 0.15) is 38.0 Å². The maximum absolute atomic E-state index is 10.6. The van der Waals surface area contributed by atoms with Gasteiger partial charge in [0.15, 0.2) is 0 Å². The summed E-state index contributed by atoms with van der Waals surface area (Å²) >= 11 is 0. The van der Waals surface area contributed by atoms with E-state index in [1.165, 1.54) is 19.3 Å². The molecular weight excluding hydrogens is 212 g/mol. The van der Waals surface area contributed by atoms with E-state index < -0.39 is 0 Å². The highest BCUT2D eigenvalue weighted by molar-refractivity contribution is 5.19. The first-order valence-corrected chi connectivity index (χ1v) is 7.01. The lowest BCUT2D eigenvalue weighted by Gasteiger charge is -2.16. The Hall–Kier alpha value is -0.830. The largest absolute Gasteiger partial charge is 0.387 e. The molecular formula is C14H20N2O. The fraction of sp³-hybridized carbons (Fsp3) is 0.786. The van der Waals surface area contributed by atoms with Gasteiger partial charge in [-0.3, -0.25) is 4.68 Å². The van der Waals surface area contributed by atoms with Crippen molar-refractivity contribution in [3.63, 3.8) is 0 Å². The lowest BCUT2D eigenvalue weighted by atomic mass is 9.97. The second-order valence-corrected chi connectivity index (χ2v) is 6.08. The van der Waals surface area contributed by atoms with Crippen LogP contribution in [0.2, 0.25) is 0 Å². The van der Waals surface area contributed by atoms with E-state index in [9.17, 15) is 5.11 Å². The summed E-state index contributed by atoms with van der Waals surface area (Å²) in [6.07, 6.45) is 5.83. The van der Waals surface area contributed by atoms with Crippen LogP contribution in [0.3, 0.4) is 0 Å². The minimum absolute atomic E-state index is 0.268. The van der Waals surface area contributed by atoms with Crippen molar-refractivity contribution in [1.29, 1.82) is 0 Å². The van der Waals surface area contributed by atoms with Crippen LogP contribution in [0.15, 0.2) is 12.3 Å². The number of aliphatic hydroxyl groups excluding tert-OH is 1. The summed E-state index contributed by atoms with van der Waals surface area (Å²) in [6.45, 7) is 2.94. The topological polar surface area (TPSA) is 38.0 Å². The Morgan fingerprint density at radius 2 is 2.12 bits per heavy atom. The first kappa shape index (κ1) is 10.1. The van der Waals surface area contributed by atoms with E-state index in [1.807, 2.05) is 16.9 Å². The minimum atomic E-state index is -0.268. The quantitative estimate of drug-likeness (QED) is 0.867. The Morgan fingerprint density at radius 3 is 2.76 bits per heavy atom. The van der Waals surface area contributed by atoms with Gasteiger partial charge in [0.1, 0.15) is 0 Å². The maximum Gasteiger partial charge on any atom is 0.0990 e. The van der Waals surface area contributed by atoms with Crippen molar-refractivity contribution in [3.05, 3.63) is 18.0 Å². The van der Waals surface area contributed by atoms with Crippen molar-refractivity contribution in [1.82, 2.24) is 9.78 Å².